The molecule has 1 fully saturated rings. The maximum absolute atomic E-state index is 12.7. The number of ether oxygens (including phenoxy) is 2. The molecular weight excluding hydrogens is 352 g/mol. The summed E-state index contributed by atoms with van der Waals surface area (Å²) in [5.74, 6) is 1.72. The van der Waals surface area contributed by atoms with Crippen molar-refractivity contribution in [2.45, 2.75) is 19.9 Å². The van der Waals surface area contributed by atoms with Gasteiger partial charge in [-0.25, -0.2) is 0 Å². The lowest BCUT2D eigenvalue weighted by molar-refractivity contribution is 0.0631. The number of benzene rings is 1. The van der Waals surface area contributed by atoms with E-state index in [0.29, 0.717) is 18.0 Å². The van der Waals surface area contributed by atoms with E-state index in [4.69, 9.17) is 9.47 Å². The Morgan fingerprint density at radius 1 is 1.19 bits per heavy atom. The van der Waals surface area contributed by atoms with E-state index in [0.717, 1.165) is 48.8 Å². The molecule has 140 valence electrons. The number of piperazine rings is 1. The highest BCUT2D eigenvalue weighted by Crippen LogP contribution is 2.26. The number of carbonyl (C=O) groups is 1. The summed E-state index contributed by atoms with van der Waals surface area (Å²) in [6, 6.07) is 5.83. The van der Waals surface area contributed by atoms with E-state index in [-0.39, 0.29) is 5.91 Å². The van der Waals surface area contributed by atoms with Crippen LogP contribution in [0, 0.1) is 0 Å². The van der Waals surface area contributed by atoms with Gasteiger partial charge in [0, 0.05) is 38.3 Å². The van der Waals surface area contributed by atoms with Gasteiger partial charge in [0.2, 0.25) is 0 Å². The fourth-order valence-electron chi connectivity index (χ4n) is 3.10. The molecule has 26 heavy (non-hydrogen) atoms. The summed E-state index contributed by atoms with van der Waals surface area (Å²) >= 11 is 1.19. The first kappa shape index (κ1) is 18.6. The zero-order valence-corrected chi connectivity index (χ0v) is 16.2. The number of aromatic nitrogens is 2. The quantitative estimate of drug-likeness (QED) is 0.769. The van der Waals surface area contributed by atoms with Crippen LogP contribution in [0.5, 0.6) is 11.5 Å². The van der Waals surface area contributed by atoms with Crippen molar-refractivity contribution in [2.24, 2.45) is 0 Å². The second-order valence-electron chi connectivity index (χ2n) is 6.15. The normalized spacial score (nSPS) is 15.1. The minimum Gasteiger partial charge on any atom is -0.497 e. The maximum atomic E-state index is 12.7. The van der Waals surface area contributed by atoms with Crippen molar-refractivity contribution < 1.29 is 14.3 Å². The van der Waals surface area contributed by atoms with E-state index in [1.165, 1.54) is 11.5 Å². The van der Waals surface area contributed by atoms with Gasteiger partial charge in [-0.15, -0.1) is 5.10 Å². The van der Waals surface area contributed by atoms with Crippen LogP contribution in [0.3, 0.4) is 0 Å². The third kappa shape index (κ3) is 3.96. The van der Waals surface area contributed by atoms with Crippen molar-refractivity contribution in [2.75, 3.05) is 40.4 Å². The highest BCUT2D eigenvalue weighted by molar-refractivity contribution is 7.08. The fourth-order valence-corrected chi connectivity index (χ4v) is 3.82. The predicted octanol–water partition coefficient (Wildman–Crippen LogP) is 2.08. The molecule has 0 saturated carbocycles. The monoisotopic (exact) mass is 376 g/mol. The molecule has 0 spiro atoms. The third-order valence-electron chi connectivity index (χ3n) is 4.63. The Kier molecular flexibility index (Phi) is 6.05. The Morgan fingerprint density at radius 3 is 2.62 bits per heavy atom. The molecule has 1 aromatic carbocycles. The van der Waals surface area contributed by atoms with Crippen LogP contribution in [0.1, 0.15) is 27.9 Å². The van der Waals surface area contributed by atoms with E-state index in [2.05, 4.69) is 14.5 Å². The minimum atomic E-state index is 0.0514. The Bertz CT molecular complexity index is 757. The van der Waals surface area contributed by atoms with Gasteiger partial charge in [0.15, 0.2) is 0 Å². The molecule has 1 aliphatic heterocycles. The van der Waals surface area contributed by atoms with Crippen LogP contribution < -0.4 is 9.47 Å². The molecule has 0 aliphatic carbocycles. The first-order valence-electron chi connectivity index (χ1n) is 8.70. The smallest absolute Gasteiger partial charge is 0.267 e. The molecule has 1 aromatic heterocycles. The highest BCUT2D eigenvalue weighted by atomic mass is 32.1. The number of carbonyl (C=O) groups excluding carboxylic acids is 1. The molecule has 3 rings (SSSR count). The number of methoxy groups -OCH3 is 2. The summed E-state index contributed by atoms with van der Waals surface area (Å²) < 4.78 is 14.7. The SMILES string of the molecule is CCc1nnsc1C(=O)N1CCN(Cc2cc(OC)ccc2OC)CC1. The van der Waals surface area contributed by atoms with Gasteiger partial charge in [-0.05, 0) is 36.2 Å². The second-order valence-corrected chi connectivity index (χ2v) is 6.90. The molecule has 0 atom stereocenters. The molecule has 2 aromatic rings. The van der Waals surface area contributed by atoms with Crippen LogP contribution in [0.25, 0.3) is 0 Å². The molecule has 2 heterocycles. The molecule has 8 heteroatoms. The van der Waals surface area contributed by atoms with Gasteiger partial charge >= 0.3 is 0 Å². The lowest BCUT2D eigenvalue weighted by Crippen LogP contribution is -2.48. The van der Waals surface area contributed by atoms with E-state index >= 15 is 0 Å². The third-order valence-corrected chi connectivity index (χ3v) is 5.38. The molecular formula is C18H24N4O3S. The van der Waals surface area contributed by atoms with Crippen molar-refractivity contribution in [3.05, 3.63) is 34.3 Å². The van der Waals surface area contributed by atoms with Crippen molar-refractivity contribution in [3.63, 3.8) is 0 Å². The first-order chi connectivity index (χ1) is 12.7. The van der Waals surface area contributed by atoms with Crippen molar-refractivity contribution in [3.8, 4) is 11.5 Å². The van der Waals surface area contributed by atoms with E-state index in [1.807, 2.05) is 30.0 Å². The highest BCUT2D eigenvalue weighted by Gasteiger charge is 2.26. The first-order valence-corrected chi connectivity index (χ1v) is 9.47. The molecule has 0 unspecified atom stereocenters. The number of hydrogen-bond acceptors (Lipinski definition) is 7. The average Bonchev–Trinajstić information content (AvgIpc) is 3.16. The average molecular weight is 376 g/mol. The molecule has 1 amide bonds. The number of nitrogens with zero attached hydrogens (tertiary/aromatic N) is 4. The van der Waals surface area contributed by atoms with Crippen LogP contribution in [0.2, 0.25) is 0 Å². The van der Waals surface area contributed by atoms with E-state index in [1.54, 1.807) is 14.2 Å². The summed E-state index contributed by atoms with van der Waals surface area (Å²) in [6.45, 7) is 5.80. The molecule has 1 saturated heterocycles. The van der Waals surface area contributed by atoms with Gasteiger partial charge in [-0.3, -0.25) is 9.69 Å². The fraction of sp³-hybridized carbons (Fsp3) is 0.500. The maximum Gasteiger partial charge on any atom is 0.267 e. The van der Waals surface area contributed by atoms with Crippen molar-refractivity contribution >= 4 is 17.4 Å². The molecule has 0 N–H and O–H groups in total. The zero-order chi connectivity index (χ0) is 18.5. The van der Waals surface area contributed by atoms with Gasteiger partial charge in [-0.1, -0.05) is 11.4 Å². The summed E-state index contributed by atoms with van der Waals surface area (Å²) in [7, 11) is 3.34. The van der Waals surface area contributed by atoms with Gasteiger partial charge in [0.25, 0.3) is 5.91 Å². The Labute approximate surface area is 157 Å². The van der Waals surface area contributed by atoms with Crippen LogP contribution in [-0.4, -0.2) is 65.7 Å². The predicted molar refractivity (Wildman–Crippen MR) is 100 cm³/mol. The topological polar surface area (TPSA) is 67.8 Å². The molecule has 0 radical (unpaired) electrons. The van der Waals surface area contributed by atoms with Crippen molar-refractivity contribution in [1.82, 2.24) is 19.4 Å². The Morgan fingerprint density at radius 2 is 1.96 bits per heavy atom. The van der Waals surface area contributed by atoms with Gasteiger partial charge in [0.05, 0.1) is 19.9 Å². The van der Waals surface area contributed by atoms with Crippen LogP contribution in [-0.2, 0) is 13.0 Å². The summed E-state index contributed by atoms with van der Waals surface area (Å²) in [5, 5.41) is 4.04. The van der Waals surface area contributed by atoms with Crippen LogP contribution in [0.4, 0.5) is 0 Å². The number of hydrogen-bond donors (Lipinski definition) is 0. The van der Waals surface area contributed by atoms with E-state index in [9.17, 15) is 4.79 Å². The number of amides is 1. The Hall–Kier alpha value is -2.19. The van der Waals surface area contributed by atoms with Gasteiger partial charge in [0.1, 0.15) is 16.4 Å². The summed E-state index contributed by atoms with van der Waals surface area (Å²) in [5.41, 5.74) is 1.88. The summed E-state index contributed by atoms with van der Waals surface area (Å²) in [6.07, 6.45) is 0.729. The molecule has 7 nitrogen and oxygen atoms in total. The minimum absolute atomic E-state index is 0.0514. The summed E-state index contributed by atoms with van der Waals surface area (Å²) in [4.78, 5) is 17.6. The van der Waals surface area contributed by atoms with Crippen LogP contribution in [0.15, 0.2) is 18.2 Å². The molecule has 0 bridgehead atoms. The number of aryl methyl sites for hydroxylation is 1. The molecule has 1 aliphatic rings. The lowest BCUT2D eigenvalue weighted by Gasteiger charge is -2.34. The van der Waals surface area contributed by atoms with Crippen molar-refractivity contribution in [1.29, 1.82) is 0 Å². The van der Waals surface area contributed by atoms with E-state index < -0.39 is 0 Å². The standard InChI is InChI=1S/C18H24N4O3S/c1-4-15-17(26-20-19-15)18(23)22-9-7-21(8-10-22)12-13-11-14(24-2)5-6-16(13)25-3/h5-6,11H,4,7-10,12H2,1-3H3. The largest absolute Gasteiger partial charge is 0.497 e. The lowest BCUT2D eigenvalue weighted by atomic mass is 10.1. The van der Waals surface area contributed by atoms with Gasteiger partial charge < -0.3 is 14.4 Å². The number of rotatable bonds is 6. The Balaban J connectivity index is 1.61. The van der Waals surface area contributed by atoms with Crippen LogP contribution >= 0.6 is 11.5 Å². The second kappa shape index (κ2) is 8.46. The van der Waals surface area contributed by atoms with Gasteiger partial charge in [-0.2, -0.15) is 0 Å². The zero-order valence-electron chi connectivity index (χ0n) is 15.4.